The SMILES string of the molecule is O=C(Cc1ccc2c(c1)NC(=O)CCO2)NCCc1ccc(F)cc1. The maximum Gasteiger partial charge on any atom is 0.227 e. The zero-order valence-corrected chi connectivity index (χ0v) is 13.7. The molecule has 0 spiro atoms. The van der Waals surface area contributed by atoms with Crippen molar-refractivity contribution in [3.63, 3.8) is 0 Å². The highest BCUT2D eigenvalue weighted by atomic mass is 19.1. The minimum atomic E-state index is -0.271. The van der Waals surface area contributed by atoms with Crippen LogP contribution in [0.2, 0.25) is 0 Å². The number of anilines is 1. The Morgan fingerprint density at radius 3 is 2.72 bits per heavy atom. The summed E-state index contributed by atoms with van der Waals surface area (Å²) in [4.78, 5) is 23.6. The second-order valence-corrected chi connectivity index (χ2v) is 5.88. The van der Waals surface area contributed by atoms with E-state index in [1.807, 2.05) is 6.07 Å². The van der Waals surface area contributed by atoms with Gasteiger partial charge in [0.1, 0.15) is 11.6 Å². The molecule has 0 aromatic heterocycles. The molecule has 2 amide bonds. The molecular weight excluding hydrogens is 323 g/mol. The molecule has 2 N–H and O–H groups in total. The Morgan fingerprint density at radius 2 is 1.92 bits per heavy atom. The third kappa shape index (κ3) is 4.79. The van der Waals surface area contributed by atoms with E-state index < -0.39 is 0 Å². The molecule has 25 heavy (non-hydrogen) atoms. The highest BCUT2D eigenvalue weighted by Crippen LogP contribution is 2.28. The predicted octanol–water partition coefficient (Wildman–Crippen LogP) is 2.45. The number of fused-ring (bicyclic) bond motifs is 1. The summed E-state index contributed by atoms with van der Waals surface area (Å²) in [6.07, 6.45) is 1.17. The molecular formula is C19H19FN2O3. The van der Waals surface area contributed by atoms with Gasteiger partial charge in [0.25, 0.3) is 0 Å². The lowest BCUT2D eigenvalue weighted by Gasteiger charge is -2.10. The number of halogens is 1. The van der Waals surface area contributed by atoms with Crippen LogP contribution < -0.4 is 15.4 Å². The van der Waals surface area contributed by atoms with Crippen molar-refractivity contribution in [2.75, 3.05) is 18.5 Å². The highest BCUT2D eigenvalue weighted by molar-refractivity contribution is 5.93. The molecule has 2 aromatic rings. The van der Waals surface area contributed by atoms with Crippen LogP contribution in [0.1, 0.15) is 17.5 Å². The zero-order valence-electron chi connectivity index (χ0n) is 13.7. The van der Waals surface area contributed by atoms with Gasteiger partial charge in [-0.2, -0.15) is 0 Å². The van der Waals surface area contributed by atoms with Gasteiger partial charge >= 0.3 is 0 Å². The summed E-state index contributed by atoms with van der Waals surface area (Å²) in [5, 5.41) is 5.62. The van der Waals surface area contributed by atoms with E-state index in [2.05, 4.69) is 10.6 Å². The molecule has 130 valence electrons. The van der Waals surface area contributed by atoms with Gasteiger partial charge in [-0.15, -0.1) is 0 Å². The van der Waals surface area contributed by atoms with Gasteiger partial charge in [-0.3, -0.25) is 9.59 Å². The summed E-state index contributed by atoms with van der Waals surface area (Å²) < 4.78 is 18.3. The normalized spacial score (nSPS) is 13.2. The maximum atomic E-state index is 12.8. The lowest BCUT2D eigenvalue weighted by molar-refractivity contribution is -0.120. The molecule has 6 heteroatoms. The summed E-state index contributed by atoms with van der Waals surface area (Å²) in [5.74, 6) is 0.140. The number of carbonyl (C=O) groups excluding carboxylic acids is 2. The molecule has 2 aromatic carbocycles. The van der Waals surface area contributed by atoms with Crippen LogP contribution in [-0.2, 0) is 22.4 Å². The number of ether oxygens (including phenoxy) is 1. The van der Waals surface area contributed by atoms with Gasteiger partial charge in [-0.1, -0.05) is 18.2 Å². The molecule has 0 fully saturated rings. The van der Waals surface area contributed by atoms with Crippen LogP contribution >= 0.6 is 0 Å². The Morgan fingerprint density at radius 1 is 1.16 bits per heavy atom. The van der Waals surface area contributed by atoms with Crippen LogP contribution in [0.25, 0.3) is 0 Å². The van der Waals surface area contributed by atoms with Gasteiger partial charge in [0.15, 0.2) is 0 Å². The lowest BCUT2D eigenvalue weighted by Crippen LogP contribution is -2.27. The van der Waals surface area contributed by atoms with Gasteiger partial charge in [-0.25, -0.2) is 4.39 Å². The van der Waals surface area contributed by atoms with Crippen molar-refractivity contribution in [3.8, 4) is 5.75 Å². The number of amides is 2. The molecule has 0 atom stereocenters. The second kappa shape index (κ2) is 7.79. The van der Waals surface area contributed by atoms with Crippen LogP contribution in [0.4, 0.5) is 10.1 Å². The molecule has 0 unspecified atom stereocenters. The quantitative estimate of drug-likeness (QED) is 0.877. The van der Waals surface area contributed by atoms with E-state index in [0.717, 1.165) is 11.1 Å². The van der Waals surface area contributed by atoms with E-state index in [9.17, 15) is 14.0 Å². The second-order valence-electron chi connectivity index (χ2n) is 5.88. The van der Waals surface area contributed by atoms with E-state index in [-0.39, 0.29) is 24.1 Å². The van der Waals surface area contributed by atoms with Crippen molar-refractivity contribution < 1.29 is 18.7 Å². The highest BCUT2D eigenvalue weighted by Gasteiger charge is 2.14. The number of rotatable bonds is 5. The van der Waals surface area contributed by atoms with Gasteiger partial charge in [0.2, 0.25) is 11.8 Å². The Labute approximate surface area is 145 Å². The maximum absolute atomic E-state index is 12.8. The summed E-state index contributed by atoms with van der Waals surface area (Å²) in [6.45, 7) is 0.831. The van der Waals surface area contributed by atoms with E-state index in [0.29, 0.717) is 37.4 Å². The standard InChI is InChI=1S/C19H19FN2O3/c20-15-4-1-13(2-5-15)7-9-21-19(24)12-14-3-6-17-16(11-14)22-18(23)8-10-25-17/h1-6,11H,7-10,12H2,(H,21,24)(H,22,23). The smallest absolute Gasteiger partial charge is 0.227 e. The van der Waals surface area contributed by atoms with Crippen molar-refractivity contribution in [1.29, 1.82) is 0 Å². The minimum Gasteiger partial charge on any atom is -0.491 e. The van der Waals surface area contributed by atoms with E-state index in [1.165, 1.54) is 12.1 Å². The first-order valence-corrected chi connectivity index (χ1v) is 8.17. The van der Waals surface area contributed by atoms with E-state index >= 15 is 0 Å². The first-order chi connectivity index (χ1) is 12.1. The number of hydrogen-bond donors (Lipinski definition) is 2. The number of hydrogen-bond acceptors (Lipinski definition) is 3. The molecule has 0 saturated heterocycles. The van der Waals surface area contributed by atoms with E-state index in [4.69, 9.17) is 4.74 Å². The van der Waals surface area contributed by atoms with Crippen molar-refractivity contribution in [2.45, 2.75) is 19.3 Å². The molecule has 3 rings (SSSR count). The molecule has 0 saturated carbocycles. The molecule has 0 aliphatic carbocycles. The summed E-state index contributed by atoms with van der Waals surface area (Å²) >= 11 is 0. The molecule has 1 aliphatic rings. The van der Waals surface area contributed by atoms with Crippen molar-refractivity contribution >= 4 is 17.5 Å². The Bertz CT molecular complexity index is 775. The van der Waals surface area contributed by atoms with Gasteiger partial charge in [0, 0.05) is 6.54 Å². The topological polar surface area (TPSA) is 67.4 Å². The van der Waals surface area contributed by atoms with Crippen molar-refractivity contribution in [3.05, 3.63) is 59.4 Å². The van der Waals surface area contributed by atoms with Crippen LogP contribution in [0.15, 0.2) is 42.5 Å². The summed E-state index contributed by atoms with van der Waals surface area (Å²) in [7, 11) is 0. The van der Waals surface area contributed by atoms with Crippen LogP contribution in [0, 0.1) is 5.82 Å². The first-order valence-electron chi connectivity index (χ1n) is 8.17. The fourth-order valence-electron chi connectivity index (χ4n) is 2.62. The zero-order chi connectivity index (χ0) is 17.6. The Kier molecular flexibility index (Phi) is 5.28. The molecule has 1 heterocycles. The summed E-state index contributed by atoms with van der Waals surface area (Å²) in [6, 6.07) is 11.6. The van der Waals surface area contributed by atoms with Crippen LogP contribution in [-0.4, -0.2) is 25.0 Å². The molecule has 0 bridgehead atoms. The first kappa shape index (κ1) is 17.0. The fourth-order valence-corrected chi connectivity index (χ4v) is 2.62. The van der Waals surface area contributed by atoms with Crippen LogP contribution in [0.5, 0.6) is 5.75 Å². The monoisotopic (exact) mass is 342 g/mol. The largest absolute Gasteiger partial charge is 0.491 e. The predicted molar refractivity (Wildman–Crippen MR) is 92.0 cm³/mol. The molecule has 5 nitrogen and oxygen atoms in total. The molecule has 0 radical (unpaired) electrons. The van der Waals surface area contributed by atoms with Gasteiger partial charge in [-0.05, 0) is 41.8 Å². The fraction of sp³-hybridized carbons (Fsp3) is 0.263. The van der Waals surface area contributed by atoms with Crippen molar-refractivity contribution in [2.24, 2.45) is 0 Å². The summed E-state index contributed by atoms with van der Waals surface area (Å²) in [5.41, 5.74) is 2.36. The number of nitrogens with one attached hydrogen (secondary N) is 2. The third-order valence-electron chi connectivity index (χ3n) is 3.92. The van der Waals surface area contributed by atoms with Crippen LogP contribution in [0.3, 0.4) is 0 Å². The minimum absolute atomic E-state index is 0.0975. The average molecular weight is 342 g/mol. The van der Waals surface area contributed by atoms with E-state index in [1.54, 1.807) is 24.3 Å². The lowest BCUT2D eigenvalue weighted by atomic mass is 10.1. The molecule has 1 aliphatic heterocycles. The van der Waals surface area contributed by atoms with Crippen molar-refractivity contribution in [1.82, 2.24) is 5.32 Å². The van der Waals surface area contributed by atoms with Gasteiger partial charge in [0.05, 0.1) is 25.1 Å². The number of benzene rings is 2. The average Bonchev–Trinajstić information content (AvgIpc) is 2.77. The van der Waals surface area contributed by atoms with Gasteiger partial charge < -0.3 is 15.4 Å². The third-order valence-corrected chi connectivity index (χ3v) is 3.92. The Balaban J connectivity index is 1.52. The number of carbonyl (C=O) groups is 2. The Hall–Kier alpha value is -2.89.